The van der Waals surface area contributed by atoms with Crippen LogP contribution in [0.15, 0.2) is 22.7 Å². The average molecular weight is 357 g/mol. The lowest BCUT2D eigenvalue weighted by atomic mass is 9.91. The average Bonchev–Trinajstić information content (AvgIpc) is 2.95. The fraction of sp³-hybridized carbons (Fsp3) is 0.526. The van der Waals surface area contributed by atoms with Crippen LogP contribution in [-0.2, 0) is 0 Å². The summed E-state index contributed by atoms with van der Waals surface area (Å²) in [4.78, 5) is 23.2. The molecule has 1 aliphatic carbocycles. The summed E-state index contributed by atoms with van der Waals surface area (Å²) < 4.78 is 5.45. The van der Waals surface area contributed by atoms with Gasteiger partial charge in [-0.3, -0.25) is 4.79 Å². The van der Waals surface area contributed by atoms with Gasteiger partial charge in [0.1, 0.15) is 17.3 Å². The monoisotopic (exact) mass is 357 g/mol. The second-order valence-electron chi connectivity index (χ2n) is 7.13. The largest absolute Gasteiger partial charge is 0.466 e. The number of carbonyl (C=O) groups is 1. The first kappa shape index (κ1) is 18.2. The first-order valence-electron chi connectivity index (χ1n) is 9.07. The summed E-state index contributed by atoms with van der Waals surface area (Å²) in [6.07, 6.45) is 5.60. The van der Waals surface area contributed by atoms with E-state index in [-0.39, 0.29) is 11.9 Å². The number of carbonyl (C=O) groups excluding carboxylic acids is 1. The molecule has 3 rings (SSSR count). The van der Waals surface area contributed by atoms with E-state index in [9.17, 15) is 4.79 Å². The maximum Gasteiger partial charge on any atom is 0.255 e. The molecule has 1 amide bonds. The van der Waals surface area contributed by atoms with Gasteiger partial charge in [-0.2, -0.15) is 4.98 Å². The minimum atomic E-state index is -0.0437. The van der Waals surface area contributed by atoms with Crippen molar-refractivity contribution in [2.24, 2.45) is 0 Å². The molecule has 2 aromatic rings. The summed E-state index contributed by atoms with van der Waals surface area (Å²) in [7, 11) is 3.92. The Kier molecular flexibility index (Phi) is 5.44. The Labute approximate surface area is 154 Å². The minimum absolute atomic E-state index is 0.0437. The van der Waals surface area contributed by atoms with Gasteiger partial charge in [0.2, 0.25) is 5.95 Å². The Hall–Kier alpha value is -2.57. The topological polar surface area (TPSA) is 83.3 Å². The van der Waals surface area contributed by atoms with Crippen molar-refractivity contribution in [3.05, 3.63) is 35.4 Å². The van der Waals surface area contributed by atoms with Crippen molar-refractivity contribution in [3.63, 3.8) is 0 Å². The van der Waals surface area contributed by atoms with Crippen LogP contribution in [0.25, 0.3) is 0 Å². The van der Waals surface area contributed by atoms with Gasteiger partial charge in [-0.15, -0.1) is 0 Å². The predicted octanol–water partition coefficient (Wildman–Crippen LogP) is 2.91. The van der Waals surface area contributed by atoms with Crippen molar-refractivity contribution >= 4 is 17.7 Å². The molecule has 0 bridgehead atoms. The van der Waals surface area contributed by atoms with Gasteiger partial charge in [-0.25, -0.2) is 4.98 Å². The Morgan fingerprint density at radius 2 is 1.88 bits per heavy atom. The van der Waals surface area contributed by atoms with Gasteiger partial charge in [0.15, 0.2) is 0 Å². The van der Waals surface area contributed by atoms with Crippen LogP contribution >= 0.6 is 0 Å². The van der Waals surface area contributed by atoms with E-state index >= 15 is 0 Å². The molecule has 0 atom stereocenters. The zero-order valence-corrected chi connectivity index (χ0v) is 15.9. The van der Waals surface area contributed by atoms with E-state index in [4.69, 9.17) is 4.42 Å². The van der Waals surface area contributed by atoms with Gasteiger partial charge in [0.25, 0.3) is 5.91 Å². The third kappa shape index (κ3) is 4.33. The fourth-order valence-corrected chi connectivity index (χ4v) is 3.35. The second kappa shape index (κ2) is 7.76. The number of aromatic nitrogens is 2. The van der Waals surface area contributed by atoms with Crippen molar-refractivity contribution in [1.29, 1.82) is 0 Å². The summed E-state index contributed by atoms with van der Waals surface area (Å²) in [6, 6.07) is 4.21. The molecule has 2 aromatic heterocycles. The third-order valence-electron chi connectivity index (χ3n) is 4.78. The molecule has 1 saturated carbocycles. The lowest BCUT2D eigenvalue weighted by Gasteiger charge is -2.29. The van der Waals surface area contributed by atoms with Gasteiger partial charge < -0.3 is 20.0 Å². The van der Waals surface area contributed by atoms with Crippen molar-refractivity contribution in [2.75, 3.05) is 24.3 Å². The molecular formula is C19H27N5O2. The smallest absolute Gasteiger partial charge is 0.255 e. The van der Waals surface area contributed by atoms with E-state index in [0.29, 0.717) is 23.3 Å². The summed E-state index contributed by atoms with van der Waals surface area (Å²) in [6.45, 7) is 3.68. The molecule has 0 saturated heterocycles. The highest BCUT2D eigenvalue weighted by Crippen LogP contribution is 2.22. The quantitative estimate of drug-likeness (QED) is 0.856. The van der Waals surface area contributed by atoms with E-state index in [0.717, 1.165) is 37.3 Å². The van der Waals surface area contributed by atoms with Gasteiger partial charge in [0, 0.05) is 32.4 Å². The molecule has 1 aliphatic rings. The minimum Gasteiger partial charge on any atom is -0.466 e. The molecule has 2 N–H and O–H groups in total. The van der Waals surface area contributed by atoms with Crippen molar-refractivity contribution in [3.8, 4) is 0 Å². The van der Waals surface area contributed by atoms with Crippen LogP contribution < -0.4 is 15.5 Å². The molecule has 0 unspecified atom stereocenters. The normalized spacial score (nSPS) is 19.8. The Morgan fingerprint density at radius 1 is 1.19 bits per heavy atom. The molecule has 1 fully saturated rings. The molecule has 2 heterocycles. The molecular weight excluding hydrogens is 330 g/mol. The van der Waals surface area contributed by atoms with Gasteiger partial charge in [0.05, 0.1) is 5.56 Å². The number of nitrogens with one attached hydrogen (secondary N) is 2. The van der Waals surface area contributed by atoms with E-state index in [2.05, 4.69) is 20.6 Å². The van der Waals surface area contributed by atoms with Crippen LogP contribution in [0.1, 0.15) is 47.6 Å². The molecule has 7 heteroatoms. The lowest BCUT2D eigenvalue weighted by molar-refractivity contribution is 0.0925. The molecule has 0 spiro atoms. The number of anilines is 2. The predicted molar refractivity (Wildman–Crippen MR) is 102 cm³/mol. The zero-order chi connectivity index (χ0) is 18.7. The SMILES string of the molecule is Cc1cc(C(=O)N[C@H]2CC[C@@H](Nc3nccc(N(C)C)n3)CC2)c(C)o1. The van der Waals surface area contributed by atoms with E-state index < -0.39 is 0 Å². The van der Waals surface area contributed by atoms with E-state index in [1.54, 1.807) is 12.3 Å². The van der Waals surface area contributed by atoms with Crippen LogP contribution in [0.5, 0.6) is 0 Å². The van der Waals surface area contributed by atoms with E-state index in [1.165, 1.54) is 0 Å². The van der Waals surface area contributed by atoms with Crippen LogP contribution in [0.2, 0.25) is 0 Å². The number of furan rings is 1. The zero-order valence-electron chi connectivity index (χ0n) is 15.9. The number of hydrogen-bond acceptors (Lipinski definition) is 6. The fourth-order valence-electron chi connectivity index (χ4n) is 3.35. The van der Waals surface area contributed by atoms with Crippen molar-refractivity contribution in [2.45, 2.75) is 51.6 Å². The van der Waals surface area contributed by atoms with Gasteiger partial charge >= 0.3 is 0 Å². The summed E-state index contributed by atoms with van der Waals surface area (Å²) in [5, 5.41) is 6.55. The Morgan fingerprint density at radius 3 is 2.50 bits per heavy atom. The standard InChI is InChI=1S/C19H27N5O2/c1-12-11-16(13(2)26-12)18(25)21-14-5-7-15(8-6-14)22-19-20-10-9-17(23-19)24(3)4/h9-11,14-15H,5-8H2,1-4H3,(H,21,25)(H,20,22,23)/t14-,15+. The van der Waals surface area contributed by atoms with Crippen molar-refractivity contribution < 1.29 is 9.21 Å². The first-order valence-corrected chi connectivity index (χ1v) is 9.07. The van der Waals surface area contributed by atoms with Crippen LogP contribution in [0, 0.1) is 13.8 Å². The molecule has 7 nitrogen and oxygen atoms in total. The van der Waals surface area contributed by atoms with Gasteiger partial charge in [-0.05, 0) is 51.7 Å². The maximum absolute atomic E-state index is 12.4. The second-order valence-corrected chi connectivity index (χ2v) is 7.13. The number of rotatable bonds is 5. The van der Waals surface area contributed by atoms with Crippen molar-refractivity contribution in [1.82, 2.24) is 15.3 Å². The summed E-state index contributed by atoms with van der Waals surface area (Å²) in [5.41, 5.74) is 0.636. The van der Waals surface area contributed by atoms with Crippen LogP contribution in [-0.4, -0.2) is 42.1 Å². The first-order chi connectivity index (χ1) is 12.4. The maximum atomic E-state index is 12.4. The molecule has 140 valence electrons. The van der Waals surface area contributed by atoms with E-state index in [1.807, 2.05) is 38.9 Å². The Bertz CT molecular complexity index is 763. The highest BCUT2D eigenvalue weighted by atomic mass is 16.3. The number of aryl methyl sites for hydroxylation is 2. The highest BCUT2D eigenvalue weighted by Gasteiger charge is 2.24. The van der Waals surface area contributed by atoms with Crippen LogP contribution in [0.4, 0.5) is 11.8 Å². The molecule has 0 aliphatic heterocycles. The number of nitrogens with zero attached hydrogens (tertiary/aromatic N) is 3. The lowest BCUT2D eigenvalue weighted by Crippen LogP contribution is -2.40. The number of hydrogen-bond donors (Lipinski definition) is 2. The highest BCUT2D eigenvalue weighted by molar-refractivity contribution is 5.95. The molecule has 0 aromatic carbocycles. The molecule has 0 radical (unpaired) electrons. The van der Waals surface area contributed by atoms with Gasteiger partial charge in [-0.1, -0.05) is 0 Å². The Balaban J connectivity index is 1.50. The number of amides is 1. The third-order valence-corrected chi connectivity index (χ3v) is 4.78. The van der Waals surface area contributed by atoms with Crippen LogP contribution in [0.3, 0.4) is 0 Å². The summed E-state index contributed by atoms with van der Waals surface area (Å²) >= 11 is 0. The molecule has 26 heavy (non-hydrogen) atoms. The summed E-state index contributed by atoms with van der Waals surface area (Å²) in [5.74, 6) is 2.94.